The molecule has 0 bridgehead atoms. The number of hydrogen-bond acceptors (Lipinski definition) is 3. The highest BCUT2D eigenvalue weighted by molar-refractivity contribution is 5.90. The number of nitrogens with one attached hydrogen (secondary N) is 2. The first kappa shape index (κ1) is 14.8. The van der Waals surface area contributed by atoms with Crippen molar-refractivity contribution in [1.29, 1.82) is 0 Å². The van der Waals surface area contributed by atoms with Gasteiger partial charge in [0.15, 0.2) is 0 Å². The van der Waals surface area contributed by atoms with E-state index in [1.807, 2.05) is 26.0 Å². The first-order valence-corrected chi connectivity index (χ1v) is 7.66. The van der Waals surface area contributed by atoms with Crippen LogP contribution < -0.4 is 10.6 Å². The Balaban J connectivity index is 1.84. The molecule has 0 saturated heterocycles. The Hall–Kier alpha value is -1.58. The molecule has 4 nitrogen and oxygen atoms in total. The summed E-state index contributed by atoms with van der Waals surface area (Å²) in [5, 5.41) is 6.34. The van der Waals surface area contributed by atoms with E-state index in [0.29, 0.717) is 18.4 Å². The van der Waals surface area contributed by atoms with E-state index in [4.69, 9.17) is 0 Å². The third kappa shape index (κ3) is 4.83. The van der Waals surface area contributed by atoms with Crippen LogP contribution in [-0.2, 0) is 4.79 Å². The molecule has 2 rings (SSSR count). The number of carbonyl (C=O) groups is 1. The van der Waals surface area contributed by atoms with E-state index in [1.165, 1.54) is 32.1 Å². The lowest BCUT2D eigenvalue weighted by Gasteiger charge is -2.23. The molecule has 0 spiro atoms. The molecule has 1 aromatic rings. The average molecular weight is 275 g/mol. The van der Waals surface area contributed by atoms with E-state index in [9.17, 15) is 4.79 Å². The summed E-state index contributed by atoms with van der Waals surface area (Å²) in [4.78, 5) is 16.0. The Labute approximate surface area is 121 Å². The van der Waals surface area contributed by atoms with Crippen molar-refractivity contribution in [2.75, 3.05) is 10.6 Å². The van der Waals surface area contributed by atoms with Gasteiger partial charge in [-0.1, -0.05) is 33.1 Å². The Morgan fingerprint density at radius 2 is 2.05 bits per heavy atom. The van der Waals surface area contributed by atoms with Gasteiger partial charge < -0.3 is 10.6 Å². The van der Waals surface area contributed by atoms with Crippen molar-refractivity contribution in [3.05, 3.63) is 18.3 Å². The first-order chi connectivity index (χ1) is 9.63. The Morgan fingerprint density at radius 3 is 2.65 bits per heavy atom. The molecule has 1 aliphatic rings. The topological polar surface area (TPSA) is 54.0 Å². The zero-order valence-corrected chi connectivity index (χ0v) is 12.5. The van der Waals surface area contributed by atoms with E-state index < -0.39 is 0 Å². The molecule has 1 aliphatic carbocycles. The van der Waals surface area contributed by atoms with Crippen molar-refractivity contribution in [3.63, 3.8) is 0 Å². The van der Waals surface area contributed by atoms with E-state index in [1.54, 1.807) is 6.20 Å². The number of aromatic nitrogens is 1. The molecular weight excluding hydrogens is 250 g/mol. The third-order valence-corrected chi connectivity index (χ3v) is 3.60. The van der Waals surface area contributed by atoms with E-state index in [-0.39, 0.29) is 5.91 Å². The maximum Gasteiger partial charge on any atom is 0.224 e. The number of anilines is 2. The molecule has 20 heavy (non-hydrogen) atoms. The van der Waals surface area contributed by atoms with Crippen LogP contribution in [0.5, 0.6) is 0 Å². The molecule has 1 heterocycles. The van der Waals surface area contributed by atoms with Gasteiger partial charge in [0.1, 0.15) is 5.82 Å². The Kier molecular flexibility index (Phi) is 5.39. The zero-order chi connectivity index (χ0) is 14.4. The normalized spacial score (nSPS) is 16.1. The van der Waals surface area contributed by atoms with E-state index in [0.717, 1.165) is 11.5 Å². The lowest BCUT2D eigenvalue weighted by molar-refractivity contribution is -0.116. The highest BCUT2D eigenvalue weighted by Gasteiger charge is 2.13. The molecule has 1 fully saturated rings. The highest BCUT2D eigenvalue weighted by atomic mass is 16.1. The van der Waals surface area contributed by atoms with Crippen molar-refractivity contribution >= 4 is 17.4 Å². The molecule has 4 heteroatoms. The number of pyridine rings is 1. The minimum absolute atomic E-state index is 0.0507. The second-order valence-corrected chi connectivity index (χ2v) is 6.06. The number of hydrogen-bond donors (Lipinski definition) is 2. The number of carbonyl (C=O) groups excluding carboxylic acids is 1. The van der Waals surface area contributed by atoms with Gasteiger partial charge in [0.05, 0.1) is 11.9 Å². The standard InChI is InChI=1S/C16H25N3O/c1-12(2)10-16(20)19-14-8-9-15(17-11-14)18-13-6-4-3-5-7-13/h8-9,11-13H,3-7,10H2,1-2H3,(H,17,18)(H,19,20). The smallest absolute Gasteiger partial charge is 0.224 e. The largest absolute Gasteiger partial charge is 0.367 e. The lowest BCUT2D eigenvalue weighted by atomic mass is 9.95. The van der Waals surface area contributed by atoms with Gasteiger partial charge >= 0.3 is 0 Å². The number of rotatable bonds is 5. The van der Waals surface area contributed by atoms with E-state index in [2.05, 4.69) is 15.6 Å². The van der Waals surface area contributed by atoms with Crippen LogP contribution in [0, 0.1) is 5.92 Å². The maximum absolute atomic E-state index is 11.7. The van der Waals surface area contributed by atoms with Crippen molar-refractivity contribution in [2.45, 2.75) is 58.4 Å². The quantitative estimate of drug-likeness (QED) is 0.859. The van der Waals surface area contributed by atoms with Gasteiger partial charge in [-0.3, -0.25) is 4.79 Å². The van der Waals surface area contributed by atoms with Gasteiger partial charge in [-0.05, 0) is 30.9 Å². The molecule has 2 N–H and O–H groups in total. The third-order valence-electron chi connectivity index (χ3n) is 3.60. The Morgan fingerprint density at radius 1 is 1.30 bits per heavy atom. The number of amides is 1. The van der Waals surface area contributed by atoms with Gasteiger partial charge in [0, 0.05) is 12.5 Å². The molecule has 110 valence electrons. The van der Waals surface area contributed by atoms with Crippen LogP contribution in [0.3, 0.4) is 0 Å². The Bertz CT molecular complexity index is 422. The summed E-state index contributed by atoms with van der Waals surface area (Å²) in [5.41, 5.74) is 0.768. The van der Waals surface area contributed by atoms with Crippen molar-refractivity contribution in [1.82, 2.24) is 4.98 Å². The van der Waals surface area contributed by atoms with Crippen LogP contribution in [0.1, 0.15) is 52.4 Å². The molecule has 0 atom stereocenters. The summed E-state index contributed by atoms with van der Waals surface area (Å²) in [6.07, 6.45) is 8.70. The maximum atomic E-state index is 11.7. The van der Waals surface area contributed by atoms with Gasteiger partial charge in [-0.15, -0.1) is 0 Å². The van der Waals surface area contributed by atoms with Crippen molar-refractivity contribution < 1.29 is 4.79 Å². The zero-order valence-electron chi connectivity index (χ0n) is 12.5. The molecule has 0 aliphatic heterocycles. The minimum Gasteiger partial charge on any atom is -0.367 e. The second-order valence-electron chi connectivity index (χ2n) is 6.06. The van der Waals surface area contributed by atoms with Crippen molar-refractivity contribution in [2.24, 2.45) is 5.92 Å². The van der Waals surface area contributed by atoms with Crippen LogP contribution in [0.25, 0.3) is 0 Å². The van der Waals surface area contributed by atoms with E-state index >= 15 is 0 Å². The van der Waals surface area contributed by atoms with Crippen LogP contribution in [0.15, 0.2) is 18.3 Å². The fourth-order valence-corrected chi connectivity index (χ4v) is 2.59. The first-order valence-electron chi connectivity index (χ1n) is 7.66. The SMILES string of the molecule is CC(C)CC(=O)Nc1ccc(NC2CCCCC2)nc1. The summed E-state index contributed by atoms with van der Waals surface area (Å²) in [6, 6.07) is 4.41. The predicted molar refractivity (Wildman–Crippen MR) is 82.8 cm³/mol. The average Bonchev–Trinajstić information content (AvgIpc) is 2.41. The monoisotopic (exact) mass is 275 g/mol. The van der Waals surface area contributed by atoms with Gasteiger partial charge in [-0.2, -0.15) is 0 Å². The van der Waals surface area contributed by atoms with Crippen LogP contribution in [-0.4, -0.2) is 16.9 Å². The summed E-state index contributed by atoms with van der Waals surface area (Å²) >= 11 is 0. The molecule has 0 aromatic carbocycles. The fraction of sp³-hybridized carbons (Fsp3) is 0.625. The summed E-state index contributed by atoms with van der Waals surface area (Å²) < 4.78 is 0. The summed E-state index contributed by atoms with van der Waals surface area (Å²) in [7, 11) is 0. The lowest BCUT2D eigenvalue weighted by Crippen LogP contribution is -2.22. The van der Waals surface area contributed by atoms with Crippen LogP contribution >= 0.6 is 0 Å². The number of nitrogens with zero attached hydrogens (tertiary/aromatic N) is 1. The molecule has 0 unspecified atom stereocenters. The summed E-state index contributed by atoms with van der Waals surface area (Å²) in [5.74, 6) is 1.32. The molecule has 1 saturated carbocycles. The molecular formula is C16H25N3O. The highest BCUT2D eigenvalue weighted by Crippen LogP contribution is 2.21. The van der Waals surface area contributed by atoms with Gasteiger partial charge in [0.25, 0.3) is 0 Å². The molecule has 1 aromatic heterocycles. The van der Waals surface area contributed by atoms with Crippen molar-refractivity contribution in [3.8, 4) is 0 Å². The minimum atomic E-state index is 0.0507. The van der Waals surface area contributed by atoms with Crippen LogP contribution in [0.2, 0.25) is 0 Å². The summed E-state index contributed by atoms with van der Waals surface area (Å²) in [6.45, 7) is 4.07. The fourth-order valence-electron chi connectivity index (χ4n) is 2.59. The molecule has 1 amide bonds. The van der Waals surface area contributed by atoms with Gasteiger partial charge in [-0.25, -0.2) is 4.98 Å². The predicted octanol–water partition coefficient (Wildman–Crippen LogP) is 3.81. The molecule has 0 radical (unpaired) electrons. The van der Waals surface area contributed by atoms with Crippen LogP contribution in [0.4, 0.5) is 11.5 Å². The second kappa shape index (κ2) is 7.27. The van der Waals surface area contributed by atoms with Gasteiger partial charge in [0.2, 0.25) is 5.91 Å².